The fourth-order valence-electron chi connectivity index (χ4n) is 3.01. The Morgan fingerprint density at radius 3 is 2.38 bits per heavy atom. The molecule has 6 heteroatoms. The van der Waals surface area contributed by atoms with Gasteiger partial charge in [0.2, 0.25) is 0 Å². The highest BCUT2D eigenvalue weighted by Crippen LogP contribution is 2.18. The number of anilines is 2. The highest BCUT2D eigenvalue weighted by molar-refractivity contribution is 5.94. The first-order valence-corrected chi connectivity index (χ1v) is 8.85. The van der Waals surface area contributed by atoms with E-state index in [0.717, 1.165) is 31.9 Å². The second kappa shape index (κ2) is 8.19. The molecule has 1 heterocycles. The lowest BCUT2D eigenvalue weighted by Gasteiger charge is -2.34. The van der Waals surface area contributed by atoms with E-state index in [4.69, 9.17) is 0 Å². The van der Waals surface area contributed by atoms with Crippen LogP contribution >= 0.6 is 0 Å². The second-order valence-electron chi connectivity index (χ2n) is 6.58. The van der Waals surface area contributed by atoms with Crippen LogP contribution in [0.3, 0.4) is 0 Å². The van der Waals surface area contributed by atoms with Crippen LogP contribution in [0.5, 0.6) is 0 Å². The number of likely N-dealkylation sites (N-methyl/N-ethyl adjacent to an activating group) is 1. The number of rotatable bonds is 5. The third kappa shape index (κ3) is 4.32. The van der Waals surface area contributed by atoms with Gasteiger partial charge in [0.05, 0.1) is 0 Å². The lowest BCUT2D eigenvalue weighted by atomic mass is 10.1. The molecule has 5 nitrogen and oxygen atoms in total. The van der Waals surface area contributed by atoms with E-state index in [-0.39, 0.29) is 18.3 Å². The SMILES string of the molecule is CNc1ccc(CNC(=O)c2ccc(N3CCN(C)CC3)cc2)c(F)c1. The molecule has 0 atom stereocenters. The molecule has 0 bridgehead atoms. The number of amides is 1. The standard InChI is InChI=1S/C20H25FN4O/c1-22-17-6-3-16(19(21)13-17)14-23-20(26)15-4-7-18(8-5-15)25-11-9-24(2)10-12-25/h3-8,13,22H,9-12,14H2,1-2H3,(H,23,26). The third-order valence-electron chi connectivity index (χ3n) is 4.78. The van der Waals surface area contributed by atoms with Crippen LogP contribution in [-0.4, -0.2) is 51.1 Å². The molecule has 3 rings (SSSR count). The van der Waals surface area contributed by atoms with Crippen molar-refractivity contribution in [1.29, 1.82) is 0 Å². The van der Waals surface area contributed by atoms with Crippen LogP contribution in [0.15, 0.2) is 42.5 Å². The fraction of sp³-hybridized carbons (Fsp3) is 0.350. The Bertz CT molecular complexity index is 755. The van der Waals surface area contributed by atoms with E-state index < -0.39 is 0 Å². The fourth-order valence-corrected chi connectivity index (χ4v) is 3.01. The third-order valence-corrected chi connectivity index (χ3v) is 4.78. The average molecular weight is 356 g/mol. The summed E-state index contributed by atoms with van der Waals surface area (Å²) in [6.07, 6.45) is 0. The van der Waals surface area contributed by atoms with Crippen molar-refractivity contribution in [2.24, 2.45) is 0 Å². The molecule has 0 spiro atoms. The number of benzene rings is 2. The zero-order valence-corrected chi connectivity index (χ0v) is 15.3. The summed E-state index contributed by atoms with van der Waals surface area (Å²) in [6, 6.07) is 12.5. The van der Waals surface area contributed by atoms with Crippen LogP contribution in [0, 0.1) is 5.82 Å². The van der Waals surface area contributed by atoms with Gasteiger partial charge >= 0.3 is 0 Å². The minimum atomic E-state index is -0.331. The molecule has 2 N–H and O–H groups in total. The molecule has 1 fully saturated rings. The Morgan fingerprint density at radius 1 is 1.08 bits per heavy atom. The van der Waals surface area contributed by atoms with Gasteiger partial charge in [0.1, 0.15) is 5.82 Å². The number of nitrogens with one attached hydrogen (secondary N) is 2. The van der Waals surface area contributed by atoms with Gasteiger partial charge in [0, 0.05) is 62.3 Å². The number of carbonyl (C=O) groups is 1. The summed E-state index contributed by atoms with van der Waals surface area (Å²) in [4.78, 5) is 16.9. The predicted octanol–water partition coefficient (Wildman–Crippen LogP) is 2.55. The van der Waals surface area contributed by atoms with Gasteiger partial charge < -0.3 is 20.4 Å². The van der Waals surface area contributed by atoms with Crippen LogP contribution in [-0.2, 0) is 6.54 Å². The first-order chi connectivity index (χ1) is 12.6. The lowest BCUT2D eigenvalue weighted by molar-refractivity contribution is 0.0950. The average Bonchev–Trinajstić information content (AvgIpc) is 2.67. The number of hydrogen-bond donors (Lipinski definition) is 2. The van der Waals surface area contributed by atoms with E-state index in [1.807, 2.05) is 24.3 Å². The molecule has 1 amide bonds. The molecule has 1 saturated heterocycles. The number of carbonyl (C=O) groups excluding carboxylic acids is 1. The number of halogens is 1. The van der Waals surface area contributed by atoms with Crippen molar-refractivity contribution in [2.75, 3.05) is 50.5 Å². The number of piperazine rings is 1. The van der Waals surface area contributed by atoms with Crippen LogP contribution in [0.1, 0.15) is 15.9 Å². The molecule has 0 saturated carbocycles. The monoisotopic (exact) mass is 356 g/mol. The van der Waals surface area contributed by atoms with Gasteiger partial charge in [-0.1, -0.05) is 6.07 Å². The summed E-state index contributed by atoms with van der Waals surface area (Å²) in [7, 11) is 3.86. The van der Waals surface area contributed by atoms with Crippen LogP contribution in [0.4, 0.5) is 15.8 Å². The van der Waals surface area contributed by atoms with Gasteiger partial charge in [-0.05, 0) is 43.4 Å². The molecule has 138 valence electrons. The van der Waals surface area contributed by atoms with Gasteiger partial charge in [-0.3, -0.25) is 4.79 Å². The van der Waals surface area contributed by atoms with Crippen LogP contribution < -0.4 is 15.5 Å². The molecule has 0 unspecified atom stereocenters. The first kappa shape index (κ1) is 18.2. The summed E-state index contributed by atoms with van der Waals surface area (Å²) < 4.78 is 14.0. The van der Waals surface area contributed by atoms with Crippen molar-refractivity contribution in [2.45, 2.75) is 6.54 Å². The van der Waals surface area contributed by atoms with Crippen molar-refractivity contribution in [3.63, 3.8) is 0 Å². The molecule has 2 aromatic carbocycles. The highest BCUT2D eigenvalue weighted by atomic mass is 19.1. The zero-order chi connectivity index (χ0) is 18.5. The summed E-state index contributed by atoms with van der Waals surface area (Å²) in [6.45, 7) is 4.23. The van der Waals surface area contributed by atoms with Gasteiger partial charge in [0.15, 0.2) is 0 Å². The molecule has 0 aromatic heterocycles. The minimum Gasteiger partial charge on any atom is -0.388 e. The van der Waals surface area contributed by atoms with Crippen molar-refractivity contribution < 1.29 is 9.18 Å². The van der Waals surface area contributed by atoms with Crippen LogP contribution in [0.2, 0.25) is 0 Å². The zero-order valence-electron chi connectivity index (χ0n) is 15.3. The molecule has 26 heavy (non-hydrogen) atoms. The molecular formula is C20H25FN4O. The van der Waals surface area contributed by atoms with Crippen LogP contribution in [0.25, 0.3) is 0 Å². The van der Waals surface area contributed by atoms with Gasteiger partial charge in [-0.2, -0.15) is 0 Å². The van der Waals surface area contributed by atoms with Gasteiger partial charge in [-0.15, -0.1) is 0 Å². The van der Waals surface area contributed by atoms with Crippen molar-refractivity contribution in [1.82, 2.24) is 10.2 Å². The van der Waals surface area contributed by atoms with Crippen molar-refractivity contribution in [3.8, 4) is 0 Å². The Hall–Kier alpha value is -2.60. The molecule has 0 aliphatic carbocycles. The van der Waals surface area contributed by atoms with E-state index >= 15 is 0 Å². The predicted molar refractivity (Wildman–Crippen MR) is 103 cm³/mol. The Balaban J connectivity index is 1.58. The minimum absolute atomic E-state index is 0.162. The number of nitrogens with zero attached hydrogens (tertiary/aromatic N) is 2. The molecular weight excluding hydrogens is 331 g/mol. The van der Waals surface area contributed by atoms with Crippen molar-refractivity contribution >= 4 is 17.3 Å². The maximum atomic E-state index is 14.0. The topological polar surface area (TPSA) is 47.6 Å². The molecule has 1 aliphatic heterocycles. The Kier molecular flexibility index (Phi) is 5.73. The van der Waals surface area contributed by atoms with Gasteiger partial charge in [-0.25, -0.2) is 4.39 Å². The maximum Gasteiger partial charge on any atom is 0.251 e. The largest absolute Gasteiger partial charge is 0.388 e. The summed E-state index contributed by atoms with van der Waals surface area (Å²) in [5, 5.41) is 5.67. The smallest absolute Gasteiger partial charge is 0.251 e. The highest BCUT2D eigenvalue weighted by Gasteiger charge is 2.15. The van der Waals surface area contributed by atoms with E-state index in [0.29, 0.717) is 16.8 Å². The van der Waals surface area contributed by atoms with Gasteiger partial charge in [0.25, 0.3) is 5.91 Å². The quantitative estimate of drug-likeness (QED) is 0.864. The molecule has 2 aromatic rings. The Morgan fingerprint density at radius 2 is 1.77 bits per heavy atom. The normalized spacial score (nSPS) is 15.0. The number of hydrogen-bond acceptors (Lipinski definition) is 4. The first-order valence-electron chi connectivity index (χ1n) is 8.85. The summed E-state index contributed by atoms with van der Waals surface area (Å²) >= 11 is 0. The second-order valence-corrected chi connectivity index (χ2v) is 6.58. The lowest BCUT2D eigenvalue weighted by Crippen LogP contribution is -2.44. The van der Waals surface area contributed by atoms with E-state index in [2.05, 4.69) is 27.5 Å². The molecule has 0 radical (unpaired) electrons. The maximum absolute atomic E-state index is 14.0. The van der Waals surface area contributed by atoms with Crippen molar-refractivity contribution in [3.05, 3.63) is 59.4 Å². The summed E-state index contributed by atoms with van der Waals surface area (Å²) in [5.74, 6) is -0.533. The van der Waals surface area contributed by atoms with E-state index in [1.165, 1.54) is 6.07 Å². The molecule has 1 aliphatic rings. The van der Waals surface area contributed by atoms with E-state index in [9.17, 15) is 9.18 Å². The van der Waals surface area contributed by atoms with E-state index in [1.54, 1.807) is 19.2 Å². The summed E-state index contributed by atoms with van der Waals surface area (Å²) in [5.41, 5.74) is 2.88. The Labute approximate surface area is 153 Å².